The smallest absolute Gasteiger partial charge is 0.0451 e. The van der Waals surface area contributed by atoms with E-state index < -0.39 is 0 Å². The highest BCUT2D eigenvalue weighted by Gasteiger charge is 2.35. The molecular weight excluding hydrogens is 475 g/mol. The lowest BCUT2D eigenvalue weighted by Crippen LogP contribution is -2.29. The average molecular weight is 521 g/mol. The molecule has 0 heterocycles. The lowest BCUT2D eigenvalue weighted by molar-refractivity contribution is 0.491. The topological polar surface area (TPSA) is 0 Å². The summed E-state index contributed by atoms with van der Waals surface area (Å²) in [6.07, 6.45) is 20.3. The Morgan fingerprint density at radius 3 is 1.06 bits per heavy atom. The maximum Gasteiger partial charge on any atom is 0.0451 e. The van der Waals surface area contributed by atoms with Crippen molar-refractivity contribution < 1.29 is 0 Å². The Morgan fingerprint density at radius 2 is 0.722 bits per heavy atom. The number of unbranched alkanes of at least 4 members (excludes halogenated alkanes) is 12. The van der Waals surface area contributed by atoms with E-state index in [2.05, 4.69) is 91.0 Å². The molecular formula is C34H46ClP. The minimum absolute atomic E-state index is 0.0891. The Bertz CT molecular complexity index is 813. The van der Waals surface area contributed by atoms with E-state index >= 15 is 0 Å². The fraction of sp³-hybridized carbons (Fsp3) is 0.471. The number of hydrogen-bond acceptors (Lipinski definition) is 0. The molecule has 1 atom stereocenters. The molecule has 3 aromatic carbocycles. The molecule has 0 saturated heterocycles. The molecule has 0 radical (unpaired) electrons. The molecule has 0 amide bonds. The van der Waals surface area contributed by atoms with Gasteiger partial charge < -0.3 is 0 Å². The van der Waals surface area contributed by atoms with Crippen LogP contribution in [0.3, 0.4) is 0 Å². The maximum absolute atomic E-state index is 5.78. The van der Waals surface area contributed by atoms with Crippen LogP contribution in [0.2, 0.25) is 0 Å². The van der Waals surface area contributed by atoms with Crippen LogP contribution in [-0.4, -0.2) is 6.16 Å². The van der Waals surface area contributed by atoms with Crippen LogP contribution < -0.4 is 0 Å². The second kappa shape index (κ2) is 17.8. The van der Waals surface area contributed by atoms with Gasteiger partial charge in [-0.3, -0.25) is 0 Å². The number of benzene rings is 3. The van der Waals surface area contributed by atoms with Gasteiger partial charge in [-0.2, -0.15) is 0 Å². The molecule has 36 heavy (non-hydrogen) atoms. The van der Waals surface area contributed by atoms with Crippen molar-refractivity contribution in [1.82, 2.24) is 0 Å². The second-order valence-electron chi connectivity index (χ2n) is 10.2. The van der Waals surface area contributed by atoms with Crippen molar-refractivity contribution in [1.29, 1.82) is 0 Å². The van der Waals surface area contributed by atoms with Gasteiger partial charge in [-0.15, -0.1) is 11.2 Å². The van der Waals surface area contributed by atoms with E-state index in [0.29, 0.717) is 7.93 Å². The summed E-state index contributed by atoms with van der Waals surface area (Å²) in [5, 5.41) is 0. The van der Waals surface area contributed by atoms with Crippen LogP contribution >= 0.6 is 19.2 Å². The highest BCUT2D eigenvalue weighted by atomic mass is 35.7. The van der Waals surface area contributed by atoms with Crippen molar-refractivity contribution in [2.75, 3.05) is 6.16 Å². The van der Waals surface area contributed by atoms with Crippen molar-refractivity contribution in [3.8, 4) is 0 Å². The third kappa shape index (κ3) is 9.36. The normalized spacial score (nSPS) is 11.9. The fourth-order valence-corrected chi connectivity index (χ4v) is 6.41. The van der Waals surface area contributed by atoms with E-state index in [0.717, 1.165) is 6.42 Å². The Labute approximate surface area is 227 Å². The SMILES string of the molecule is ClPCCCCCCCCCCCCCCCC(c1ccccc1)(c1ccccc1)c1ccccc1. The van der Waals surface area contributed by atoms with Gasteiger partial charge in [0, 0.05) is 5.41 Å². The summed E-state index contributed by atoms with van der Waals surface area (Å²) in [6, 6.07) is 33.5. The van der Waals surface area contributed by atoms with Crippen LogP contribution in [0, 0.1) is 0 Å². The molecule has 0 aliphatic carbocycles. The minimum Gasteiger partial charge on any atom is -0.100 e. The van der Waals surface area contributed by atoms with E-state index in [9.17, 15) is 0 Å². The van der Waals surface area contributed by atoms with Gasteiger partial charge in [-0.1, -0.05) is 168 Å². The summed E-state index contributed by atoms with van der Waals surface area (Å²) in [7, 11) is 0.618. The summed E-state index contributed by atoms with van der Waals surface area (Å²) in [5.41, 5.74) is 4.12. The summed E-state index contributed by atoms with van der Waals surface area (Å²) < 4.78 is 0. The Morgan fingerprint density at radius 1 is 0.417 bits per heavy atom. The largest absolute Gasteiger partial charge is 0.100 e. The first-order chi connectivity index (χ1) is 17.9. The van der Waals surface area contributed by atoms with Crippen LogP contribution in [0.5, 0.6) is 0 Å². The van der Waals surface area contributed by atoms with Crippen LogP contribution in [0.1, 0.15) is 107 Å². The standard InChI is InChI=1S/C34H46ClP/c35-36-30-22-11-9-7-5-3-1-2-4-6-8-10-21-29-34(31-23-15-12-16-24-31,32-25-17-13-18-26-32)33-27-19-14-20-28-33/h12-20,23-28,36H,1-11,21-22,29-30H2. The van der Waals surface area contributed by atoms with Gasteiger partial charge in [-0.05, 0) is 43.6 Å². The molecule has 1 unspecified atom stereocenters. The molecule has 2 heteroatoms. The molecule has 3 aromatic rings. The Balaban J connectivity index is 1.45. The summed E-state index contributed by atoms with van der Waals surface area (Å²) in [4.78, 5) is 0. The Kier molecular flexibility index (Phi) is 14.3. The first-order valence-corrected chi connectivity index (χ1v) is 16.6. The quantitative estimate of drug-likeness (QED) is 0.0837. The summed E-state index contributed by atoms with van der Waals surface area (Å²) in [6.45, 7) is 0. The number of halogens is 1. The van der Waals surface area contributed by atoms with Crippen molar-refractivity contribution in [2.24, 2.45) is 0 Å². The van der Waals surface area contributed by atoms with Gasteiger partial charge in [0.1, 0.15) is 0 Å². The molecule has 0 aliphatic rings. The van der Waals surface area contributed by atoms with Crippen molar-refractivity contribution >= 4 is 19.2 Å². The van der Waals surface area contributed by atoms with E-state index in [4.69, 9.17) is 11.2 Å². The van der Waals surface area contributed by atoms with Crippen molar-refractivity contribution in [3.63, 3.8) is 0 Å². The highest BCUT2D eigenvalue weighted by molar-refractivity contribution is 7.68. The molecule has 0 bridgehead atoms. The third-order valence-corrected chi connectivity index (χ3v) is 8.73. The molecule has 194 valence electrons. The van der Waals surface area contributed by atoms with E-state index in [1.54, 1.807) is 0 Å². The van der Waals surface area contributed by atoms with E-state index in [1.807, 2.05) is 0 Å². The van der Waals surface area contributed by atoms with Crippen molar-refractivity contribution in [2.45, 2.75) is 95.3 Å². The van der Waals surface area contributed by atoms with Crippen LogP contribution in [-0.2, 0) is 5.41 Å². The van der Waals surface area contributed by atoms with Crippen LogP contribution in [0.25, 0.3) is 0 Å². The van der Waals surface area contributed by atoms with Crippen LogP contribution in [0.15, 0.2) is 91.0 Å². The van der Waals surface area contributed by atoms with Gasteiger partial charge in [0.15, 0.2) is 0 Å². The van der Waals surface area contributed by atoms with E-state index in [-0.39, 0.29) is 5.41 Å². The molecule has 0 aromatic heterocycles. The minimum atomic E-state index is -0.0891. The van der Waals surface area contributed by atoms with Gasteiger partial charge in [0.2, 0.25) is 0 Å². The van der Waals surface area contributed by atoms with Gasteiger partial charge in [-0.25, -0.2) is 0 Å². The monoisotopic (exact) mass is 520 g/mol. The van der Waals surface area contributed by atoms with Crippen LogP contribution in [0.4, 0.5) is 0 Å². The summed E-state index contributed by atoms with van der Waals surface area (Å²) in [5.74, 6) is 0. The predicted molar refractivity (Wildman–Crippen MR) is 163 cm³/mol. The molecule has 0 fully saturated rings. The molecule has 0 aliphatic heterocycles. The zero-order valence-corrected chi connectivity index (χ0v) is 23.9. The molecule has 0 spiro atoms. The van der Waals surface area contributed by atoms with Gasteiger partial charge >= 0.3 is 0 Å². The third-order valence-electron chi connectivity index (χ3n) is 7.62. The average Bonchev–Trinajstić information content (AvgIpc) is 2.94. The zero-order chi connectivity index (χ0) is 25.2. The number of hydrogen-bond donors (Lipinski definition) is 0. The lowest BCUT2D eigenvalue weighted by Gasteiger charge is -2.36. The maximum atomic E-state index is 5.78. The first kappa shape index (κ1) is 28.9. The molecule has 0 saturated carbocycles. The predicted octanol–water partition coefficient (Wildman–Crippen LogP) is 11.3. The second-order valence-corrected chi connectivity index (χ2v) is 11.8. The molecule has 3 rings (SSSR count). The fourth-order valence-electron chi connectivity index (χ4n) is 5.63. The van der Waals surface area contributed by atoms with Crippen molar-refractivity contribution in [3.05, 3.63) is 108 Å². The first-order valence-electron chi connectivity index (χ1n) is 14.4. The Hall–Kier alpha value is -1.62. The van der Waals surface area contributed by atoms with E-state index in [1.165, 1.54) is 106 Å². The highest BCUT2D eigenvalue weighted by Crippen LogP contribution is 2.43. The zero-order valence-electron chi connectivity index (χ0n) is 22.1. The molecule has 0 N–H and O–H groups in total. The molecule has 0 nitrogen and oxygen atoms in total. The summed E-state index contributed by atoms with van der Waals surface area (Å²) >= 11 is 5.78. The van der Waals surface area contributed by atoms with Gasteiger partial charge in [0.25, 0.3) is 0 Å². The number of rotatable bonds is 19. The lowest BCUT2D eigenvalue weighted by atomic mass is 9.66. The van der Waals surface area contributed by atoms with Gasteiger partial charge in [0.05, 0.1) is 0 Å².